The van der Waals surface area contributed by atoms with Crippen molar-refractivity contribution in [2.24, 2.45) is 0 Å². The lowest BCUT2D eigenvalue weighted by Gasteiger charge is -2.28. The average Bonchev–Trinajstić information content (AvgIpc) is 3.28. The van der Waals surface area contributed by atoms with Gasteiger partial charge >= 0.3 is 0 Å². The monoisotopic (exact) mass is 424 g/mol. The van der Waals surface area contributed by atoms with Crippen LogP contribution >= 0.6 is 0 Å². The zero-order chi connectivity index (χ0) is 22.5. The smallest absolute Gasteiger partial charge is 0.239 e. The molecule has 3 rings (SSSR count). The van der Waals surface area contributed by atoms with Crippen LogP contribution in [0.5, 0.6) is 5.75 Å². The van der Waals surface area contributed by atoms with Gasteiger partial charge in [-0.05, 0) is 42.5 Å². The van der Waals surface area contributed by atoms with Crippen LogP contribution in [0, 0.1) is 6.92 Å². The Morgan fingerprint density at radius 1 is 1.32 bits per heavy atom. The van der Waals surface area contributed by atoms with Gasteiger partial charge in [0.1, 0.15) is 18.1 Å². The number of Topliss-reactive ketones (excluding diaryl/α,β-unsaturated/α-hetero) is 1. The fourth-order valence-corrected chi connectivity index (χ4v) is 3.67. The maximum atomic E-state index is 13.2. The van der Waals surface area contributed by atoms with Crippen LogP contribution in [0.25, 0.3) is 0 Å². The van der Waals surface area contributed by atoms with Crippen molar-refractivity contribution >= 4 is 11.7 Å². The van der Waals surface area contributed by atoms with E-state index in [0.717, 1.165) is 6.54 Å². The predicted molar refractivity (Wildman–Crippen MR) is 114 cm³/mol. The number of benzene rings is 1. The Balaban J connectivity index is 2.01. The summed E-state index contributed by atoms with van der Waals surface area (Å²) in [6, 6.07) is 9.51. The summed E-state index contributed by atoms with van der Waals surface area (Å²) in [5, 5.41) is 12.9. The summed E-state index contributed by atoms with van der Waals surface area (Å²) in [7, 11) is 4.05. The summed E-state index contributed by atoms with van der Waals surface area (Å²) >= 11 is 0. The quantitative estimate of drug-likeness (QED) is 0.455. The van der Waals surface area contributed by atoms with Crippen LogP contribution in [-0.2, 0) is 4.79 Å². The molecule has 1 aliphatic heterocycles. The number of nitrogens with zero attached hydrogens (tertiary/aromatic N) is 1. The van der Waals surface area contributed by atoms with Crippen molar-refractivity contribution in [2.75, 3.05) is 33.8 Å². The summed E-state index contributed by atoms with van der Waals surface area (Å²) in [5.41, 5.74) is 0.557. The fraction of sp³-hybridized carbons (Fsp3) is 0.333. The number of ketones is 1. The van der Waals surface area contributed by atoms with Crippen LogP contribution in [-0.4, -0.2) is 50.4 Å². The van der Waals surface area contributed by atoms with E-state index in [2.05, 4.69) is 6.58 Å². The molecule has 1 aliphatic rings. The second-order valence-corrected chi connectivity index (χ2v) is 7.87. The van der Waals surface area contributed by atoms with Crippen LogP contribution in [0.3, 0.4) is 0 Å². The third-order valence-corrected chi connectivity index (χ3v) is 5.11. The number of carbonyl (C=O) groups is 2. The minimum Gasteiger partial charge on any atom is -0.868 e. The number of rotatable bonds is 10. The van der Waals surface area contributed by atoms with Gasteiger partial charge in [-0.1, -0.05) is 24.8 Å². The van der Waals surface area contributed by atoms with Gasteiger partial charge in [0.15, 0.2) is 5.76 Å². The van der Waals surface area contributed by atoms with Crippen molar-refractivity contribution in [1.82, 2.24) is 4.90 Å². The second kappa shape index (κ2) is 9.66. The SMILES string of the molecule is C=CCOc1cccc(C2C(C(=O)c3ccc(C)o3)=C([O-])C(=O)N2CCC[NH+](C)C)c1. The molecule has 1 aromatic heterocycles. The van der Waals surface area contributed by atoms with Crippen LogP contribution in [0.4, 0.5) is 0 Å². The number of aryl methyl sites for hydroxylation is 1. The van der Waals surface area contributed by atoms with Crippen molar-refractivity contribution in [2.45, 2.75) is 19.4 Å². The maximum absolute atomic E-state index is 13.2. The van der Waals surface area contributed by atoms with Gasteiger partial charge in [-0.25, -0.2) is 0 Å². The summed E-state index contributed by atoms with van der Waals surface area (Å²) in [4.78, 5) is 28.8. The molecule has 0 bridgehead atoms. The fourth-order valence-electron chi connectivity index (χ4n) is 3.67. The number of furan rings is 1. The molecule has 1 N–H and O–H groups in total. The summed E-state index contributed by atoms with van der Waals surface area (Å²) < 4.78 is 11.1. The third kappa shape index (κ3) is 4.88. The van der Waals surface area contributed by atoms with Crippen molar-refractivity contribution in [3.63, 3.8) is 0 Å². The first-order chi connectivity index (χ1) is 14.8. The lowest BCUT2D eigenvalue weighted by atomic mass is 9.95. The van der Waals surface area contributed by atoms with Crippen molar-refractivity contribution < 1.29 is 28.7 Å². The molecule has 0 saturated carbocycles. The van der Waals surface area contributed by atoms with Gasteiger partial charge in [-0.2, -0.15) is 0 Å². The molecular formula is C24H28N2O5. The molecule has 0 aliphatic carbocycles. The standard InChI is InChI=1S/C24H28N2O5/c1-5-14-30-18-9-6-8-17(15-18)21-20(22(27)19-11-10-16(2)31-19)23(28)24(29)26(21)13-7-12-25(3)4/h5-6,8-11,15,21,28H,1,7,12-14H2,2-4H3. The molecule has 0 radical (unpaired) electrons. The molecule has 0 fully saturated rings. The van der Waals surface area contributed by atoms with Crippen molar-refractivity contribution in [3.05, 3.63) is 77.5 Å². The largest absolute Gasteiger partial charge is 0.868 e. The highest BCUT2D eigenvalue weighted by atomic mass is 16.5. The van der Waals surface area contributed by atoms with E-state index in [9.17, 15) is 14.7 Å². The highest BCUT2D eigenvalue weighted by Gasteiger charge is 2.40. The lowest BCUT2D eigenvalue weighted by Crippen LogP contribution is -3.05. The normalized spacial score (nSPS) is 16.3. The molecule has 2 aromatic rings. The highest BCUT2D eigenvalue weighted by Crippen LogP contribution is 2.39. The van der Waals surface area contributed by atoms with E-state index in [4.69, 9.17) is 9.15 Å². The molecule has 164 valence electrons. The Kier molecular flexibility index (Phi) is 6.97. The van der Waals surface area contributed by atoms with Gasteiger partial charge in [0.25, 0.3) is 0 Å². The van der Waals surface area contributed by atoms with E-state index >= 15 is 0 Å². The first-order valence-corrected chi connectivity index (χ1v) is 10.3. The number of ether oxygens (including phenoxy) is 1. The topological polar surface area (TPSA) is 87.2 Å². The zero-order valence-corrected chi connectivity index (χ0v) is 18.1. The Bertz CT molecular complexity index is 1000. The molecule has 31 heavy (non-hydrogen) atoms. The van der Waals surface area contributed by atoms with Crippen molar-refractivity contribution in [3.8, 4) is 5.75 Å². The Labute approximate surface area is 182 Å². The minimum atomic E-state index is -0.789. The highest BCUT2D eigenvalue weighted by molar-refractivity contribution is 6.14. The van der Waals surface area contributed by atoms with Crippen LogP contribution in [0.15, 0.2) is 64.8 Å². The Hall–Kier alpha value is -3.32. The lowest BCUT2D eigenvalue weighted by molar-refractivity contribution is -0.858. The van der Waals surface area contributed by atoms with Crippen molar-refractivity contribution in [1.29, 1.82) is 0 Å². The first kappa shape index (κ1) is 22.4. The molecule has 1 atom stereocenters. The first-order valence-electron chi connectivity index (χ1n) is 10.3. The molecule has 7 heteroatoms. The zero-order valence-electron chi connectivity index (χ0n) is 18.1. The molecule has 2 heterocycles. The van der Waals surface area contributed by atoms with Gasteiger partial charge in [0.2, 0.25) is 11.7 Å². The van der Waals surface area contributed by atoms with Gasteiger partial charge in [0.05, 0.1) is 26.7 Å². The molecule has 7 nitrogen and oxygen atoms in total. The van der Waals surface area contributed by atoms with E-state index in [0.29, 0.717) is 36.6 Å². The van der Waals surface area contributed by atoms with Gasteiger partial charge in [0, 0.05) is 18.5 Å². The Morgan fingerprint density at radius 2 is 2.10 bits per heavy atom. The number of carbonyl (C=O) groups excluding carboxylic acids is 2. The molecule has 0 saturated heterocycles. The van der Waals surface area contributed by atoms with E-state index in [1.54, 1.807) is 43.3 Å². The molecule has 1 amide bonds. The number of hydrogen-bond acceptors (Lipinski definition) is 5. The molecular weight excluding hydrogens is 396 g/mol. The number of nitrogens with one attached hydrogen (secondary N) is 1. The van der Waals surface area contributed by atoms with Gasteiger partial charge in [-0.3, -0.25) is 9.59 Å². The third-order valence-electron chi connectivity index (χ3n) is 5.11. The second-order valence-electron chi connectivity index (χ2n) is 7.87. The predicted octanol–water partition coefficient (Wildman–Crippen LogP) is 1.07. The summed E-state index contributed by atoms with van der Waals surface area (Å²) in [6.07, 6.45) is 2.33. The summed E-state index contributed by atoms with van der Waals surface area (Å²) in [6.45, 7) is 6.88. The minimum absolute atomic E-state index is 0.0531. The summed E-state index contributed by atoms with van der Waals surface area (Å²) in [5.74, 6) is -0.821. The maximum Gasteiger partial charge on any atom is 0.239 e. The number of hydrogen-bond donors (Lipinski definition) is 1. The van der Waals surface area contributed by atoms with Gasteiger partial charge in [-0.15, -0.1) is 0 Å². The van der Waals surface area contributed by atoms with Crippen LogP contribution in [0.1, 0.15) is 34.3 Å². The van der Waals surface area contributed by atoms with Gasteiger partial charge < -0.3 is 24.1 Å². The van der Waals surface area contributed by atoms with E-state index < -0.39 is 23.5 Å². The van der Waals surface area contributed by atoms with Crippen LogP contribution < -0.4 is 14.7 Å². The van der Waals surface area contributed by atoms with E-state index in [-0.39, 0.29) is 11.3 Å². The average molecular weight is 424 g/mol. The number of amides is 1. The molecule has 1 aromatic carbocycles. The van der Waals surface area contributed by atoms with E-state index in [1.807, 2.05) is 14.1 Å². The van der Waals surface area contributed by atoms with Crippen LogP contribution in [0.2, 0.25) is 0 Å². The molecule has 1 unspecified atom stereocenters. The Morgan fingerprint density at radius 3 is 2.74 bits per heavy atom. The number of quaternary nitrogens is 1. The molecule has 0 spiro atoms. The van der Waals surface area contributed by atoms with E-state index in [1.165, 1.54) is 15.9 Å².